The Labute approximate surface area is 138 Å². The molecule has 1 saturated heterocycles. The lowest BCUT2D eigenvalue weighted by atomic mass is 10.1. The van der Waals surface area contributed by atoms with Crippen LogP contribution in [0, 0.1) is 11.3 Å². The molecule has 5 heteroatoms. The highest BCUT2D eigenvalue weighted by atomic mass is 15.2. The molecule has 1 fully saturated rings. The Morgan fingerprint density at radius 2 is 2.13 bits per heavy atom. The summed E-state index contributed by atoms with van der Waals surface area (Å²) in [6.07, 6.45) is 2.97. The topological polar surface area (TPSA) is 64.0 Å². The molecule has 122 valence electrons. The first kappa shape index (κ1) is 17.0. The second-order valence-electron chi connectivity index (χ2n) is 5.53. The highest BCUT2D eigenvalue weighted by Crippen LogP contribution is 2.31. The monoisotopic (exact) mass is 311 g/mol. The quantitative estimate of drug-likeness (QED) is 0.910. The molecule has 1 aliphatic rings. The summed E-state index contributed by atoms with van der Waals surface area (Å²) in [4.78, 5) is 6.78. The highest BCUT2D eigenvalue weighted by Gasteiger charge is 2.21. The minimum Gasteiger partial charge on any atom is -0.385 e. The molecule has 5 nitrogen and oxygen atoms in total. The van der Waals surface area contributed by atoms with Gasteiger partial charge in [-0.15, -0.1) is 0 Å². The van der Waals surface area contributed by atoms with Crippen molar-refractivity contribution in [3.63, 3.8) is 0 Å². The molecule has 3 rings (SSSR count). The highest BCUT2D eigenvalue weighted by molar-refractivity contribution is 5.98. The van der Waals surface area contributed by atoms with E-state index in [1.165, 1.54) is 0 Å². The van der Waals surface area contributed by atoms with E-state index in [-0.39, 0.29) is 0 Å². The van der Waals surface area contributed by atoms with Gasteiger partial charge in [0.2, 0.25) is 0 Å². The predicted octanol–water partition coefficient (Wildman–Crippen LogP) is 3.29. The fourth-order valence-electron chi connectivity index (χ4n) is 2.86. The Morgan fingerprint density at radius 1 is 1.35 bits per heavy atom. The SMILES string of the molecule is CC.CNc1cnc2ccc(C#N)cc2c1NC1CCN(C)C1. The molecule has 1 atom stereocenters. The third kappa shape index (κ3) is 3.72. The number of likely N-dealkylation sites (tertiary alicyclic amines) is 1. The number of hydrogen-bond donors (Lipinski definition) is 2. The van der Waals surface area contributed by atoms with Gasteiger partial charge in [0.1, 0.15) is 0 Å². The van der Waals surface area contributed by atoms with E-state index in [9.17, 15) is 0 Å². The van der Waals surface area contributed by atoms with E-state index in [0.29, 0.717) is 11.6 Å². The summed E-state index contributed by atoms with van der Waals surface area (Å²) in [5.41, 5.74) is 3.57. The number of rotatable bonds is 3. The number of likely N-dealkylation sites (N-methyl/N-ethyl adjacent to an activating group) is 1. The molecule has 2 heterocycles. The number of nitriles is 1. The number of nitrogens with one attached hydrogen (secondary N) is 2. The van der Waals surface area contributed by atoms with Crippen LogP contribution in [0.25, 0.3) is 10.9 Å². The van der Waals surface area contributed by atoms with Crippen molar-refractivity contribution in [1.82, 2.24) is 9.88 Å². The van der Waals surface area contributed by atoms with Gasteiger partial charge in [-0.3, -0.25) is 4.98 Å². The molecular formula is C18H25N5. The molecule has 1 aromatic carbocycles. The molecule has 2 aromatic rings. The standard InChI is InChI=1S/C16H19N5.C2H6/c1-18-15-9-19-14-4-3-11(8-17)7-13(14)16(15)20-12-5-6-21(2)10-12;1-2/h3-4,7,9,12,18H,5-6,10H2,1-2H3,(H,19,20);1-2H3. The number of pyridine rings is 1. The Morgan fingerprint density at radius 3 is 2.74 bits per heavy atom. The summed E-state index contributed by atoms with van der Waals surface area (Å²) in [5.74, 6) is 0. The summed E-state index contributed by atoms with van der Waals surface area (Å²) in [7, 11) is 4.03. The number of hydrogen-bond acceptors (Lipinski definition) is 5. The van der Waals surface area contributed by atoms with Crippen LogP contribution in [0.3, 0.4) is 0 Å². The second kappa shape index (κ2) is 7.80. The van der Waals surface area contributed by atoms with Crippen molar-refractivity contribution in [3.05, 3.63) is 30.0 Å². The van der Waals surface area contributed by atoms with Crippen LogP contribution in [0.5, 0.6) is 0 Å². The van der Waals surface area contributed by atoms with Gasteiger partial charge < -0.3 is 15.5 Å². The number of benzene rings is 1. The van der Waals surface area contributed by atoms with Crippen LogP contribution in [-0.4, -0.2) is 43.1 Å². The summed E-state index contributed by atoms with van der Waals surface area (Å²) < 4.78 is 0. The first-order chi connectivity index (χ1) is 11.2. The lowest BCUT2D eigenvalue weighted by Gasteiger charge is -2.19. The average molecular weight is 311 g/mol. The maximum Gasteiger partial charge on any atom is 0.0991 e. The zero-order valence-corrected chi connectivity index (χ0v) is 14.3. The van der Waals surface area contributed by atoms with Crippen LogP contribution in [-0.2, 0) is 0 Å². The maximum atomic E-state index is 9.12. The summed E-state index contributed by atoms with van der Waals surface area (Å²) in [6.45, 7) is 6.14. The van der Waals surface area contributed by atoms with Crippen molar-refractivity contribution >= 4 is 22.3 Å². The number of fused-ring (bicyclic) bond motifs is 1. The van der Waals surface area contributed by atoms with Gasteiger partial charge in [0.15, 0.2) is 0 Å². The first-order valence-electron chi connectivity index (χ1n) is 8.17. The van der Waals surface area contributed by atoms with E-state index in [1.807, 2.05) is 45.3 Å². The van der Waals surface area contributed by atoms with Crippen molar-refractivity contribution in [1.29, 1.82) is 5.26 Å². The van der Waals surface area contributed by atoms with Gasteiger partial charge in [0.25, 0.3) is 0 Å². The van der Waals surface area contributed by atoms with Crippen LogP contribution in [0.1, 0.15) is 25.8 Å². The van der Waals surface area contributed by atoms with E-state index >= 15 is 0 Å². The minimum atomic E-state index is 0.429. The summed E-state index contributed by atoms with van der Waals surface area (Å²) in [5, 5.41) is 16.9. The van der Waals surface area contributed by atoms with Crippen molar-refractivity contribution in [2.75, 3.05) is 37.8 Å². The normalized spacial score (nSPS) is 17.3. The lowest BCUT2D eigenvalue weighted by molar-refractivity contribution is 0.414. The molecule has 0 aliphatic carbocycles. The molecule has 0 radical (unpaired) electrons. The average Bonchev–Trinajstić information content (AvgIpc) is 3.01. The van der Waals surface area contributed by atoms with Crippen molar-refractivity contribution < 1.29 is 0 Å². The van der Waals surface area contributed by atoms with E-state index in [4.69, 9.17) is 5.26 Å². The Kier molecular flexibility index (Phi) is 5.78. The molecule has 1 unspecified atom stereocenters. The third-order valence-corrected chi connectivity index (χ3v) is 4.01. The van der Waals surface area contributed by atoms with Crippen LogP contribution < -0.4 is 10.6 Å². The molecule has 0 spiro atoms. The fourth-order valence-corrected chi connectivity index (χ4v) is 2.86. The minimum absolute atomic E-state index is 0.429. The van der Waals surface area contributed by atoms with E-state index < -0.39 is 0 Å². The van der Waals surface area contributed by atoms with Gasteiger partial charge in [-0.25, -0.2) is 0 Å². The van der Waals surface area contributed by atoms with Gasteiger partial charge >= 0.3 is 0 Å². The molecule has 0 bridgehead atoms. The van der Waals surface area contributed by atoms with Crippen molar-refractivity contribution in [2.24, 2.45) is 0 Å². The second-order valence-corrected chi connectivity index (χ2v) is 5.53. The van der Waals surface area contributed by atoms with Gasteiger partial charge in [-0.05, 0) is 38.2 Å². The Bertz CT molecular complexity index is 704. The fraction of sp³-hybridized carbons (Fsp3) is 0.444. The summed E-state index contributed by atoms with van der Waals surface area (Å²) in [6, 6.07) is 8.25. The number of nitrogens with zero attached hydrogens (tertiary/aromatic N) is 3. The van der Waals surface area contributed by atoms with Crippen LogP contribution in [0.2, 0.25) is 0 Å². The van der Waals surface area contributed by atoms with Gasteiger partial charge in [-0.2, -0.15) is 5.26 Å². The molecule has 23 heavy (non-hydrogen) atoms. The smallest absolute Gasteiger partial charge is 0.0991 e. The maximum absolute atomic E-state index is 9.12. The molecule has 2 N–H and O–H groups in total. The molecule has 0 saturated carbocycles. The van der Waals surface area contributed by atoms with Gasteiger partial charge in [-0.1, -0.05) is 13.8 Å². The van der Waals surface area contributed by atoms with Crippen LogP contribution >= 0.6 is 0 Å². The van der Waals surface area contributed by atoms with Gasteiger partial charge in [0, 0.05) is 25.0 Å². The zero-order chi connectivity index (χ0) is 16.8. The largest absolute Gasteiger partial charge is 0.385 e. The number of aromatic nitrogens is 1. The third-order valence-electron chi connectivity index (χ3n) is 4.01. The van der Waals surface area contributed by atoms with E-state index in [2.05, 4.69) is 33.6 Å². The molecule has 1 aliphatic heterocycles. The van der Waals surface area contributed by atoms with Crippen LogP contribution in [0.15, 0.2) is 24.4 Å². The Balaban J connectivity index is 0.000000924. The summed E-state index contributed by atoms with van der Waals surface area (Å²) >= 11 is 0. The molecular weight excluding hydrogens is 286 g/mol. The van der Waals surface area contributed by atoms with Crippen molar-refractivity contribution in [2.45, 2.75) is 26.3 Å². The Hall–Kier alpha value is -2.32. The molecule has 1 aromatic heterocycles. The van der Waals surface area contributed by atoms with Gasteiger partial charge in [0.05, 0.1) is 34.7 Å². The molecule has 0 amide bonds. The number of anilines is 2. The van der Waals surface area contributed by atoms with E-state index in [1.54, 1.807) is 0 Å². The zero-order valence-electron chi connectivity index (χ0n) is 14.3. The predicted molar refractivity (Wildman–Crippen MR) is 96.9 cm³/mol. The lowest BCUT2D eigenvalue weighted by Crippen LogP contribution is -2.24. The van der Waals surface area contributed by atoms with E-state index in [0.717, 1.165) is 41.8 Å². The first-order valence-corrected chi connectivity index (χ1v) is 8.17. The van der Waals surface area contributed by atoms with Crippen LogP contribution in [0.4, 0.5) is 11.4 Å². The van der Waals surface area contributed by atoms with Crippen molar-refractivity contribution in [3.8, 4) is 6.07 Å².